The molecule has 0 aromatic heterocycles. The average molecular weight is 340 g/mol. The monoisotopic (exact) mass is 340 g/mol. The average Bonchev–Trinajstić information content (AvgIpc) is 2.51. The van der Waals surface area contributed by atoms with Gasteiger partial charge in [-0.3, -0.25) is 4.79 Å². The van der Waals surface area contributed by atoms with E-state index in [-0.39, 0.29) is 29.8 Å². The summed E-state index contributed by atoms with van der Waals surface area (Å²) in [4.78, 5) is 23.5. The van der Waals surface area contributed by atoms with Crippen molar-refractivity contribution >= 4 is 11.9 Å². The van der Waals surface area contributed by atoms with Gasteiger partial charge in [0.25, 0.3) is 0 Å². The molecule has 1 aliphatic carbocycles. The Balaban J connectivity index is 2.48. The first kappa shape index (κ1) is 20.7. The molecule has 0 spiro atoms. The van der Waals surface area contributed by atoms with Crippen LogP contribution in [0.15, 0.2) is 12.7 Å². The highest BCUT2D eigenvalue weighted by atomic mass is 16.6. The van der Waals surface area contributed by atoms with Crippen LogP contribution in [0.2, 0.25) is 0 Å². The van der Waals surface area contributed by atoms with Crippen molar-refractivity contribution in [3.05, 3.63) is 12.7 Å². The minimum Gasteiger partial charge on any atom is -0.462 e. The van der Waals surface area contributed by atoms with Gasteiger partial charge in [0.1, 0.15) is 6.10 Å². The van der Waals surface area contributed by atoms with Crippen LogP contribution in [0, 0.1) is 17.3 Å². The number of carbonyl (C=O) groups is 2. The molecule has 1 N–H and O–H groups in total. The zero-order valence-electron chi connectivity index (χ0n) is 15.4. The Labute approximate surface area is 145 Å². The molecule has 0 amide bonds. The molecule has 5 heteroatoms. The third-order valence-electron chi connectivity index (χ3n) is 4.44. The summed E-state index contributed by atoms with van der Waals surface area (Å²) >= 11 is 0. The molecule has 0 aromatic carbocycles. The number of carbonyl (C=O) groups excluding carboxylic acids is 2. The van der Waals surface area contributed by atoms with Crippen LogP contribution in [0.1, 0.15) is 59.8 Å². The van der Waals surface area contributed by atoms with Gasteiger partial charge in [0.15, 0.2) is 0 Å². The molecule has 0 heterocycles. The van der Waals surface area contributed by atoms with Crippen LogP contribution < -0.4 is 0 Å². The molecule has 4 atom stereocenters. The Morgan fingerprint density at radius 2 is 2.00 bits per heavy atom. The summed E-state index contributed by atoms with van der Waals surface area (Å²) in [7, 11) is 0. The first-order valence-electron chi connectivity index (χ1n) is 8.84. The molecular formula is C19H32O5. The molecule has 1 rings (SSSR count). The molecule has 0 saturated heterocycles. The summed E-state index contributed by atoms with van der Waals surface area (Å²) in [6, 6.07) is 0. The van der Waals surface area contributed by atoms with E-state index >= 15 is 0 Å². The fourth-order valence-electron chi connectivity index (χ4n) is 3.13. The lowest BCUT2D eigenvalue weighted by Gasteiger charge is -2.33. The topological polar surface area (TPSA) is 72.8 Å². The Hall–Kier alpha value is -1.36. The molecule has 1 aliphatic rings. The number of esters is 2. The van der Waals surface area contributed by atoms with Crippen molar-refractivity contribution in [3.63, 3.8) is 0 Å². The number of aliphatic hydroxyl groups is 1. The number of aliphatic hydroxyl groups excluding tert-OH is 1. The molecule has 24 heavy (non-hydrogen) atoms. The summed E-state index contributed by atoms with van der Waals surface area (Å²) in [5.74, 6) is -0.710. The normalized spacial score (nSPS) is 25.6. The first-order valence-corrected chi connectivity index (χ1v) is 8.84. The van der Waals surface area contributed by atoms with Crippen molar-refractivity contribution in [2.45, 2.75) is 72.0 Å². The van der Waals surface area contributed by atoms with Gasteiger partial charge in [-0.05, 0) is 43.4 Å². The fourth-order valence-corrected chi connectivity index (χ4v) is 3.13. The van der Waals surface area contributed by atoms with Gasteiger partial charge < -0.3 is 14.6 Å². The summed E-state index contributed by atoms with van der Waals surface area (Å²) in [6.45, 7) is 11.9. The van der Waals surface area contributed by atoms with Crippen molar-refractivity contribution < 1.29 is 24.2 Å². The minimum atomic E-state index is -0.706. The van der Waals surface area contributed by atoms with E-state index in [4.69, 9.17) is 9.47 Å². The highest BCUT2D eigenvalue weighted by Gasteiger charge is 2.34. The summed E-state index contributed by atoms with van der Waals surface area (Å²) in [5.41, 5.74) is 0.0605. The molecule has 4 unspecified atom stereocenters. The van der Waals surface area contributed by atoms with Gasteiger partial charge in [-0.15, -0.1) is 0 Å². The fraction of sp³-hybridized carbons (Fsp3) is 0.789. The van der Waals surface area contributed by atoms with E-state index in [0.29, 0.717) is 12.8 Å². The second-order valence-electron chi connectivity index (χ2n) is 7.93. The van der Waals surface area contributed by atoms with Crippen molar-refractivity contribution in [1.29, 1.82) is 0 Å². The molecule has 0 radical (unpaired) electrons. The first-order chi connectivity index (χ1) is 11.2. The van der Waals surface area contributed by atoms with Crippen LogP contribution >= 0.6 is 0 Å². The zero-order chi connectivity index (χ0) is 18.3. The summed E-state index contributed by atoms with van der Waals surface area (Å²) in [5, 5.41) is 10.3. The second-order valence-corrected chi connectivity index (χ2v) is 7.93. The predicted molar refractivity (Wildman–Crippen MR) is 92.2 cm³/mol. The highest BCUT2D eigenvalue weighted by molar-refractivity contribution is 5.81. The van der Waals surface area contributed by atoms with Crippen LogP contribution in [-0.4, -0.2) is 35.9 Å². The van der Waals surface area contributed by atoms with Crippen LogP contribution in [0.4, 0.5) is 0 Å². The quantitative estimate of drug-likeness (QED) is 0.569. The Morgan fingerprint density at radius 3 is 2.50 bits per heavy atom. The van der Waals surface area contributed by atoms with E-state index in [1.165, 1.54) is 0 Å². The van der Waals surface area contributed by atoms with Gasteiger partial charge in [0.2, 0.25) is 0 Å². The molecule has 0 aromatic rings. The summed E-state index contributed by atoms with van der Waals surface area (Å²) in [6.07, 6.45) is 3.29. The van der Waals surface area contributed by atoms with Crippen molar-refractivity contribution in [2.75, 3.05) is 6.61 Å². The number of ether oxygens (including phenoxy) is 2. The molecule has 138 valence electrons. The Kier molecular flexibility index (Phi) is 7.94. The summed E-state index contributed by atoms with van der Waals surface area (Å²) < 4.78 is 10.6. The molecule has 1 fully saturated rings. The maximum absolute atomic E-state index is 12.4. The number of hydrogen-bond acceptors (Lipinski definition) is 5. The van der Waals surface area contributed by atoms with Crippen LogP contribution in [0.5, 0.6) is 0 Å². The van der Waals surface area contributed by atoms with Crippen LogP contribution in [0.3, 0.4) is 0 Å². The number of hydrogen-bond donors (Lipinski definition) is 1. The van der Waals surface area contributed by atoms with Gasteiger partial charge in [-0.1, -0.05) is 34.3 Å². The van der Waals surface area contributed by atoms with Gasteiger partial charge in [-0.25, -0.2) is 4.79 Å². The maximum Gasteiger partial charge on any atom is 0.330 e. The van der Waals surface area contributed by atoms with Gasteiger partial charge in [0.05, 0.1) is 18.6 Å². The Bertz CT molecular complexity index is 438. The van der Waals surface area contributed by atoms with E-state index < -0.39 is 18.2 Å². The molecule has 5 nitrogen and oxygen atoms in total. The van der Waals surface area contributed by atoms with Crippen LogP contribution in [0.25, 0.3) is 0 Å². The lowest BCUT2D eigenvalue weighted by molar-refractivity contribution is -0.165. The molecule has 1 saturated carbocycles. The van der Waals surface area contributed by atoms with E-state index in [9.17, 15) is 14.7 Å². The van der Waals surface area contributed by atoms with Crippen LogP contribution in [-0.2, 0) is 19.1 Å². The van der Waals surface area contributed by atoms with E-state index in [1.54, 1.807) is 0 Å². The van der Waals surface area contributed by atoms with Crippen molar-refractivity contribution in [3.8, 4) is 0 Å². The largest absolute Gasteiger partial charge is 0.462 e. The van der Waals surface area contributed by atoms with Gasteiger partial charge in [-0.2, -0.15) is 0 Å². The molecular weight excluding hydrogens is 308 g/mol. The zero-order valence-corrected chi connectivity index (χ0v) is 15.4. The Morgan fingerprint density at radius 1 is 1.33 bits per heavy atom. The second kappa shape index (κ2) is 9.21. The molecule has 0 aliphatic heterocycles. The lowest BCUT2D eigenvalue weighted by atomic mass is 9.83. The predicted octanol–water partition coefficient (Wildman–Crippen LogP) is 3.25. The van der Waals surface area contributed by atoms with Crippen molar-refractivity contribution in [2.24, 2.45) is 17.3 Å². The third kappa shape index (κ3) is 7.04. The smallest absolute Gasteiger partial charge is 0.330 e. The van der Waals surface area contributed by atoms with E-state index in [1.807, 2.05) is 6.92 Å². The van der Waals surface area contributed by atoms with Gasteiger partial charge in [0, 0.05) is 6.08 Å². The third-order valence-corrected chi connectivity index (χ3v) is 4.44. The SMILES string of the molecule is C=CC(=O)OCC1CCC(OC(=O)C(CC)CC(C)(C)C)C(O)C1. The maximum atomic E-state index is 12.4. The van der Waals surface area contributed by atoms with Crippen molar-refractivity contribution in [1.82, 2.24) is 0 Å². The van der Waals surface area contributed by atoms with Gasteiger partial charge >= 0.3 is 11.9 Å². The highest BCUT2D eigenvalue weighted by Crippen LogP contribution is 2.31. The van der Waals surface area contributed by atoms with E-state index in [2.05, 4.69) is 27.4 Å². The molecule has 0 bridgehead atoms. The van der Waals surface area contributed by atoms with E-state index in [0.717, 1.165) is 25.3 Å². The minimum absolute atomic E-state index is 0.0605. The standard InChI is InChI=1S/C19H32O5/c1-6-14(11-19(3,4)5)18(22)24-16-9-8-13(10-15(16)20)12-23-17(21)7-2/h7,13-16,20H,2,6,8-12H2,1,3-5H3. The lowest BCUT2D eigenvalue weighted by Crippen LogP contribution is -2.40. The number of rotatable bonds is 7.